The van der Waals surface area contributed by atoms with Gasteiger partial charge in [0, 0.05) is 31.6 Å². The number of hydrogen-bond acceptors (Lipinski definition) is 4. The molecule has 0 aromatic heterocycles. The van der Waals surface area contributed by atoms with Gasteiger partial charge in [0.2, 0.25) is 0 Å². The Hall–Kier alpha value is -1.10. The van der Waals surface area contributed by atoms with Crippen LogP contribution >= 0.6 is 0 Å². The summed E-state index contributed by atoms with van der Waals surface area (Å²) in [5.74, 6) is 1.07. The number of likely N-dealkylation sites (N-methyl/N-ethyl adjacent to an activating group) is 1. The van der Waals surface area contributed by atoms with E-state index in [4.69, 9.17) is 9.47 Å². The third kappa shape index (κ3) is 4.99. The predicted octanol–water partition coefficient (Wildman–Crippen LogP) is 2.07. The van der Waals surface area contributed by atoms with Crippen LogP contribution in [-0.2, 0) is 17.7 Å². The van der Waals surface area contributed by atoms with Gasteiger partial charge in [-0.25, -0.2) is 0 Å². The molecule has 0 saturated carbocycles. The second-order valence-electron chi connectivity index (χ2n) is 6.54. The summed E-state index contributed by atoms with van der Waals surface area (Å²) < 4.78 is 11.6. The molecule has 0 radical (unpaired) electrons. The number of benzene rings is 1. The van der Waals surface area contributed by atoms with Crippen molar-refractivity contribution >= 4 is 0 Å². The number of nitrogens with one attached hydrogen (secondary N) is 1. The molecule has 4 heteroatoms. The number of rotatable bonds is 8. The molecule has 1 aromatic carbocycles. The molecule has 0 spiro atoms. The largest absolute Gasteiger partial charge is 0.487 e. The van der Waals surface area contributed by atoms with Crippen molar-refractivity contribution in [1.82, 2.24) is 10.2 Å². The summed E-state index contributed by atoms with van der Waals surface area (Å²) in [6, 6.07) is 6.42. The minimum atomic E-state index is -0.0757. The van der Waals surface area contributed by atoms with E-state index in [1.54, 1.807) is 0 Å². The maximum atomic E-state index is 6.07. The molecule has 0 unspecified atom stereocenters. The van der Waals surface area contributed by atoms with Crippen LogP contribution in [0.15, 0.2) is 18.2 Å². The van der Waals surface area contributed by atoms with E-state index in [1.165, 1.54) is 11.1 Å². The number of fused-ring (bicyclic) bond motifs is 1. The molecule has 0 fully saturated rings. The zero-order chi connectivity index (χ0) is 15.3. The third-order valence-corrected chi connectivity index (χ3v) is 3.59. The van der Waals surface area contributed by atoms with E-state index in [0.717, 1.165) is 45.0 Å². The fourth-order valence-electron chi connectivity index (χ4n) is 2.54. The van der Waals surface area contributed by atoms with Gasteiger partial charge in [0.25, 0.3) is 0 Å². The first-order valence-corrected chi connectivity index (χ1v) is 7.71. The van der Waals surface area contributed by atoms with E-state index in [-0.39, 0.29) is 5.60 Å². The Kier molecular flexibility index (Phi) is 5.62. The SMILES string of the molecule is CN(C)CCOCCNCc1cccc2c1OC(C)(C)C2. The Morgan fingerprint density at radius 2 is 2.10 bits per heavy atom. The second-order valence-corrected chi connectivity index (χ2v) is 6.54. The highest BCUT2D eigenvalue weighted by Crippen LogP contribution is 2.37. The molecule has 1 N–H and O–H groups in total. The molecule has 1 heterocycles. The van der Waals surface area contributed by atoms with Gasteiger partial charge < -0.3 is 19.7 Å². The summed E-state index contributed by atoms with van der Waals surface area (Å²) in [4.78, 5) is 2.12. The van der Waals surface area contributed by atoms with Crippen molar-refractivity contribution in [2.24, 2.45) is 0 Å². The minimum Gasteiger partial charge on any atom is -0.487 e. The minimum absolute atomic E-state index is 0.0757. The number of hydrogen-bond donors (Lipinski definition) is 1. The molecular formula is C17H28N2O2. The first-order valence-electron chi connectivity index (χ1n) is 7.71. The molecule has 0 aliphatic carbocycles. The Morgan fingerprint density at radius 1 is 1.29 bits per heavy atom. The lowest BCUT2D eigenvalue weighted by Gasteiger charge is -2.18. The topological polar surface area (TPSA) is 33.7 Å². The van der Waals surface area contributed by atoms with E-state index in [9.17, 15) is 0 Å². The van der Waals surface area contributed by atoms with E-state index in [1.807, 2.05) is 0 Å². The summed E-state index contributed by atoms with van der Waals surface area (Å²) in [7, 11) is 4.11. The van der Waals surface area contributed by atoms with Crippen LogP contribution in [0.4, 0.5) is 0 Å². The van der Waals surface area contributed by atoms with E-state index >= 15 is 0 Å². The van der Waals surface area contributed by atoms with Gasteiger partial charge in [0.15, 0.2) is 0 Å². The molecule has 2 rings (SSSR count). The molecule has 21 heavy (non-hydrogen) atoms. The molecular weight excluding hydrogens is 264 g/mol. The average Bonchev–Trinajstić information content (AvgIpc) is 2.72. The van der Waals surface area contributed by atoms with E-state index in [2.05, 4.69) is 56.4 Å². The summed E-state index contributed by atoms with van der Waals surface area (Å²) in [5, 5.41) is 3.43. The lowest BCUT2D eigenvalue weighted by molar-refractivity contribution is 0.118. The van der Waals surface area contributed by atoms with Gasteiger partial charge in [0.05, 0.1) is 13.2 Å². The van der Waals surface area contributed by atoms with Gasteiger partial charge in [-0.3, -0.25) is 0 Å². The number of para-hydroxylation sites is 1. The fraction of sp³-hybridized carbons (Fsp3) is 0.647. The van der Waals surface area contributed by atoms with E-state index in [0.29, 0.717) is 0 Å². The van der Waals surface area contributed by atoms with Gasteiger partial charge in [-0.15, -0.1) is 0 Å². The molecule has 118 valence electrons. The van der Waals surface area contributed by atoms with Crippen LogP contribution in [0.5, 0.6) is 5.75 Å². The highest BCUT2D eigenvalue weighted by molar-refractivity contribution is 5.45. The van der Waals surface area contributed by atoms with Crippen LogP contribution in [0.25, 0.3) is 0 Å². The first kappa shape index (κ1) is 16.3. The molecule has 1 aromatic rings. The first-order chi connectivity index (χ1) is 9.98. The Labute approximate surface area is 128 Å². The molecule has 0 bridgehead atoms. The van der Waals surface area contributed by atoms with Crippen molar-refractivity contribution < 1.29 is 9.47 Å². The van der Waals surface area contributed by atoms with Gasteiger partial charge in [-0.1, -0.05) is 18.2 Å². The van der Waals surface area contributed by atoms with Crippen LogP contribution in [-0.4, -0.2) is 50.9 Å². The normalized spacial score (nSPS) is 16.0. The molecule has 4 nitrogen and oxygen atoms in total. The maximum absolute atomic E-state index is 6.07. The lowest BCUT2D eigenvalue weighted by atomic mass is 10.0. The standard InChI is InChI=1S/C17H28N2O2/c1-17(2)12-14-6-5-7-15(16(14)21-17)13-18-8-10-20-11-9-19(3)4/h5-7,18H,8-13H2,1-4H3. The Balaban J connectivity index is 1.72. The summed E-state index contributed by atoms with van der Waals surface area (Å²) >= 11 is 0. The van der Waals surface area contributed by atoms with Gasteiger partial charge in [-0.2, -0.15) is 0 Å². The number of nitrogens with zero attached hydrogens (tertiary/aromatic N) is 1. The molecule has 1 aliphatic heterocycles. The molecule has 0 atom stereocenters. The smallest absolute Gasteiger partial charge is 0.127 e. The van der Waals surface area contributed by atoms with E-state index < -0.39 is 0 Å². The van der Waals surface area contributed by atoms with Crippen molar-refractivity contribution in [2.75, 3.05) is 40.4 Å². The number of ether oxygens (including phenoxy) is 2. The summed E-state index contributed by atoms with van der Waals surface area (Å²) in [6.07, 6.45) is 0.990. The monoisotopic (exact) mass is 292 g/mol. The van der Waals surface area contributed by atoms with Crippen LogP contribution in [0.3, 0.4) is 0 Å². The van der Waals surface area contributed by atoms with Crippen molar-refractivity contribution in [1.29, 1.82) is 0 Å². The highest BCUT2D eigenvalue weighted by atomic mass is 16.5. The Bertz CT molecular complexity index is 458. The lowest BCUT2D eigenvalue weighted by Crippen LogP contribution is -2.25. The van der Waals surface area contributed by atoms with Crippen molar-refractivity contribution in [3.63, 3.8) is 0 Å². The van der Waals surface area contributed by atoms with Crippen LogP contribution in [0.2, 0.25) is 0 Å². The maximum Gasteiger partial charge on any atom is 0.127 e. The Morgan fingerprint density at radius 3 is 2.86 bits per heavy atom. The molecule has 0 saturated heterocycles. The van der Waals surface area contributed by atoms with Crippen LogP contribution in [0, 0.1) is 0 Å². The quantitative estimate of drug-likeness (QED) is 0.744. The van der Waals surface area contributed by atoms with Gasteiger partial charge >= 0.3 is 0 Å². The zero-order valence-corrected chi connectivity index (χ0v) is 13.7. The van der Waals surface area contributed by atoms with Crippen molar-refractivity contribution in [3.05, 3.63) is 29.3 Å². The summed E-state index contributed by atoms with van der Waals surface area (Å²) in [6.45, 7) is 8.47. The van der Waals surface area contributed by atoms with Crippen LogP contribution in [0.1, 0.15) is 25.0 Å². The van der Waals surface area contributed by atoms with Crippen molar-refractivity contribution in [3.8, 4) is 5.75 Å². The fourth-order valence-corrected chi connectivity index (χ4v) is 2.54. The average molecular weight is 292 g/mol. The van der Waals surface area contributed by atoms with Gasteiger partial charge in [0.1, 0.15) is 11.4 Å². The molecule has 0 amide bonds. The second kappa shape index (κ2) is 7.25. The summed E-state index contributed by atoms with van der Waals surface area (Å²) in [5.41, 5.74) is 2.49. The van der Waals surface area contributed by atoms with Gasteiger partial charge in [-0.05, 0) is 33.5 Å². The predicted molar refractivity (Wildman–Crippen MR) is 85.9 cm³/mol. The highest BCUT2D eigenvalue weighted by Gasteiger charge is 2.31. The third-order valence-electron chi connectivity index (χ3n) is 3.59. The van der Waals surface area contributed by atoms with Crippen LogP contribution < -0.4 is 10.1 Å². The van der Waals surface area contributed by atoms with Crippen molar-refractivity contribution in [2.45, 2.75) is 32.4 Å². The zero-order valence-electron chi connectivity index (χ0n) is 13.7. The molecule has 1 aliphatic rings.